The van der Waals surface area contributed by atoms with E-state index in [0.717, 1.165) is 12.0 Å². The molecular weight excluding hydrogens is 310 g/mol. The molecule has 130 valence electrons. The van der Waals surface area contributed by atoms with Crippen molar-refractivity contribution in [1.29, 1.82) is 0 Å². The van der Waals surface area contributed by atoms with E-state index in [9.17, 15) is 9.59 Å². The average Bonchev–Trinajstić information content (AvgIpc) is 2.61. The fourth-order valence-electron chi connectivity index (χ4n) is 3.46. The van der Waals surface area contributed by atoms with Gasteiger partial charge in [0.25, 0.3) is 0 Å². The molecule has 3 nitrogen and oxygen atoms in total. The molecule has 3 heteroatoms. The van der Waals surface area contributed by atoms with Crippen LogP contribution in [-0.2, 0) is 11.2 Å². The standard InChI is InChI=1S/C22H25NO2/c1-22(2,3)21(25)23-14-13-16-9-7-8-12-18(16)19(23)15-20(24)17-10-5-4-6-11-17/h4-12,19H,13-15H2,1-3H3. The number of hydrogen-bond acceptors (Lipinski definition) is 2. The molecule has 2 aromatic carbocycles. The van der Waals surface area contributed by atoms with Crippen LogP contribution >= 0.6 is 0 Å². The molecule has 0 aromatic heterocycles. The third kappa shape index (κ3) is 3.65. The summed E-state index contributed by atoms with van der Waals surface area (Å²) in [5.41, 5.74) is 2.59. The Kier molecular flexibility index (Phi) is 4.76. The zero-order valence-electron chi connectivity index (χ0n) is 15.2. The maximum atomic E-state index is 13.0. The summed E-state index contributed by atoms with van der Waals surface area (Å²) in [5, 5.41) is 0. The Bertz CT molecular complexity index is 774. The van der Waals surface area contributed by atoms with Crippen molar-refractivity contribution in [1.82, 2.24) is 4.90 Å². The molecule has 0 fully saturated rings. The minimum Gasteiger partial charge on any atom is -0.334 e. The molecule has 0 saturated carbocycles. The smallest absolute Gasteiger partial charge is 0.228 e. The third-order valence-electron chi connectivity index (χ3n) is 4.79. The second kappa shape index (κ2) is 6.83. The molecule has 0 bridgehead atoms. The SMILES string of the molecule is CC(C)(C)C(=O)N1CCc2ccccc2C1CC(=O)c1ccccc1. The summed E-state index contributed by atoms with van der Waals surface area (Å²) in [4.78, 5) is 27.7. The van der Waals surface area contributed by atoms with Crippen molar-refractivity contribution in [2.75, 3.05) is 6.54 Å². The summed E-state index contributed by atoms with van der Waals surface area (Å²) in [7, 11) is 0. The van der Waals surface area contributed by atoms with Crippen LogP contribution < -0.4 is 0 Å². The van der Waals surface area contributed by atoms with E-state index >= 15 is 0 Å². The van der Waals surface area contributed by atoms with Crippen LogP contribution in [0.4, 0.5) is 0 Å². The van der Waals surface area contributed by atoms with Gasteiger partial charge in [0.1, 0.15) is 0 Å². The molecule has 1 atom stereocenters. The number of carbonyl (C=O) groups excluding carboxylic acids is 2. The first-order valence-corrected chi connectivity index (χ1v) is 8.85. The maximum absolute atomic E-state index is 13.0. The number of Topliss-reactive ketones (excluding diaryl/α,β-unsaturated/α-hetero) is 1. The number of nitrogens with zero attached hydrogens (tertiary/aromatic N) is 1. The molecule has 0 N–H and O–H groups in total. The Morgan fingerprint density at radius 3 is 2.32 bits per heavy atom. The molecule has 0 saturated heterocycles. The molecular formula is C22H25NO2. The second-order valence-corrected chi connectivity index (χ2v) is 7.71. The predicted octanol–water partition coefficient (Wildman–Crippen LogP) is 4.43. The van der Waals surface area contributed by atoms with Crippen molar-refractivity contribution < 1.29 is 9.59 Å². The summed E-state index contributed by atoms with van der Waals surface area (Å²) >= 11 is 0. The molecule has 0 radical (unpaired) electrons. The van der Waals surface area contributed by atoms with Gasteiger partial charge in [0.2, 0.25) is 5.91 Å². The molecule has 1 aliphatic heterocycles. The molecule has 1 heterocycles. The van der Waals surface area contributed by atoms with Crippen molar-refractivity contribution in [2.45, 2.75) is 39.7 Å². The zero-order valence-corrected chi connectivity index (χ0v) is 15.2. The maximum Gasteiger partial charge on any atom is 0.228 e. The largest absolute Gasteiger partial charge is 0.334 e. The van der Waals surface area contributed by atoms with Gasteiger partial charge in [-0.2, -0.15) is 0 Å². The van der Waals surface area contributed by atoms with E-state index in [1.165, 1.54) is 5.56 Å². The van der Waals surface area contributed by atoms with E-state index < -0.39 is 5.41 Å². The van der Waals surface area contributed by atoms with Crippen LogP contribution in [0.5, 0.6) is 0 Å². The summed E-state index contributed by atoms with van der Waals surface area (Å²) in [6, 6.07) is 17.3. The lowest BCUT2D eigenvalue weighted by Crippen LogP contribution is -2.46. The zero-order chi connectivity index (χ0) is 18.0. The topological polar surface area (TPSA) is 37.4 Å². The number of rotatable bonds is 3. The van der Waals surface area contributed by atoms with Gasteiger partial charge in [0, 0.05) is 23.9 Å². The second-order valence-electron chi connectivity index (χ2n) is 7.71. The lowest BCUT2D eigenvalue weighted by molar-refractivity contribution is -0.142. The van der Waals surface area contributed by atoms with E-state index in [1.807, 2.05) is 68.1 Å². The fraction of sp³-hybridized carbons (Fsp3) is 0.364. The predicted molar refractivity (Wildman–Crippen MR) is 99.4 cm³/mol. The molecule has 25 heavy (non-hydrogen) atoms. The Hall–Kier alpha value is -2.42. The van der Waals surface area contributed by atoms with E-state index in [2.05, 4.69) is 12.1 Å². The average molecular weight is 335 g/mol. The van der Waals surface area contributed by atoms with Crippen LogP contribution in [0.1, 0.15) is 54.7 Å². The molecule has 0 spiro atoms. The normalized spacial score (nSPS) is 17.1. The summed E-state index contributed by atoms with van der Waals surface area (Å²) in [5.74, 6) is 0.182. The minimum absolute atomic E-state index is 0.0778. The van der Waals surface area contributed by atoms with E-state index in [-0.39, 0.29) is 17.7 Å². The van der Waals surface area contributed by atoms with Gasteiger partial charge in [0.15, 0.2) is 5.78 Å². The fourth-order valence-corrected chi connectivity index (χ4v) is 3.46. The van der Waals surface area contributed by atoms with E-state index in [1.54, 1.807) is 0 Å². The highest BCUT2D eigenvalue weighted by Crippen LogP contribution is 2.35. The lowest BCUT2D eigenvalue weighted by Gasteiger charge is -2.40. The molecule has 0 aliphatic carbocycles. The van der Waals surface area contributed by atoms with Crippen molar-refractivity contribution in [3.8, 4) is 0 Å². The summed E-state index contributed by atoms with van der Waals surface area (Å²) < 4.78 is 0. The summed E-state index contributed by atoms with van der Waals surface area (Å²) in [6.07, 6.45) is 1.16. The number of ketones is 1. The first-order chi connectivity index (χ1) is 11.9. The van der Waals surface area contributed by atoms with Crippen LogP contribution in [0.3, 0.4) is 0 Å². The molecule has 3 rings (SSSR count). The van der Waals surface area contributed by atoms with Gasteiger partial charge in [-0.3, -0.25) is 9.59 Å². The summed E-state index contributed by atoms with van der Waals surface area (Å²) in [6.45, 7) is 6.48. The van der Waals surface area contributed by atoms with Gasteiger partial charge in [-0.05, 0) is 17.5 Å². The molecule has 1 amide bonds. The number of amides is 1. The number of benzene rings is 2. The van der Waals surface area contributed by atoms with Crippen LogP contribution in [0.25, 0.3) is 0 Å². The van der Waals surface area contributed by atoms with E-state index in [0.29, 0.717) is 18.5 Å². The van der Waals surface area contributed by atoms with Gasteiger partial charge >= 0.3 is 0 Å². The van der Waals surface area contributed by atoms with Gasteiger partial charge in [0.05, 0.1) is 6.04 Å². The first kappa shape index (κ1) is 17.4. The van der Waals surface area contributed by atoms with Crippen LogP contribution in [0.15, 0.2) is 54.6 Å². The van der Waals surface area contributed by atoms with Crippen LogP contribution in [0.2, 0.25) is 0 Å². The van der Waals surface area contributed by atoms with Crippen molar-refractivity contribution in [2.24, 2.45) is 5.41 Å². The quantitative estimate of drug-likeness (QED) is 0.778. The Labute approximate surface area is 149 Å². The highest BCUT2D eigenvalue weighted by Gasteiger charge is 2.36. The monoisotopic (exact) mass is 335 g/mol. The van der Waals surface area contributed by atoms with Gasteiger partial charge in [-0.1, -0.05) is 75.4 Å². The molecule has 1 unspecified atom stereocenters. The van der Waals surface area contributed by atoms with Crippen molar-refractivity contribution >= 4 is 11.7 Å². The van der Waals surface area contributed by atoms with Gasteiger partial charge in [-0.25, -0.2) is 0 Å². The first-order valence-electron chi connectivity index (χ1n) is 8.85. The number of fused-ring (bicyclic) bond motifs is 1. The third-order valence-corrected chi connectivity index (χ3v) is 4.79. The van der Waals surface area contributed by atoms with Crippen LogP contribution in [0, 0.1) is 5.41 Å². The highest BCUT2D eigenvalue weighted by molar-refractivity contribution is 5.97. The lowest BCUT2D eigenvalue weighted by atomic mass is 9.85. The Morgan fingerprint density at radius 1 is 1.00 bits per heavy atom. The molecule has 2 aromatic rings. The Morgan fingerprint density at radius 2 is 1.64 bits per heavy atom. The van der Waals surface area contributed by atoms with Crippen molar-refractivity contribution in [3.05, 3.63) is 71.3 Å². The Balaban J connectivity index is 1.95. The minimum atomic E-state index is -0.458. The van der Waals surface area contributed by atoms with E-state index in [4.69, 9.17) is 0 Å². The van der Waals surface area contributed by atoms with Gasteiger partial charge < -0.3 is 4.90 Å². The number of hydrogen-bond donors (Lipinski definition) is 0. The van der Waals surface area contributed by atoms with Crippen molar-refractivity contribution in [3.63, 3.8) is 0 Å². The van der Waals surface area contributed by atoms with Crippen LogP contribution in [-0.4, -0.2) is 23.1 Å². The van der Waals surface area contributed by atoms with Gasteiger partial charge in [-0.15, -0.1) is 0 Å². The molecule has 1 aliphatic rings. The highest BCUT2D eigenvalue weighted by atomic mass is 16.2. The number of carbonyl (C=O) groups is 2.